The molecule has 0 aliphatic heterocycles. The highest BCUT2D eigenvalue weighted by Crippen LogP contribution is 2.42. The number of aliphatic hydroxyl groups excluding tert-OH is 1. The van der Waals surface area contributed by atoms with Crippen LogP contribution < -0.4 is 0 Å². The van der Waals surface area contributed by atoms with Gasteiger partial charge in [0.25, 0.3) is 0 Å². The van der Waals surface area contributed by atoms with Crippen molar-refractivity contribution in [2.24, 2.45) is 17.3 Å². The molecule has 0 bridgehead atoms. The molecule has 0 saturated carbocycles. The van der Waals surface area contributed by atoms with Crippen LogP contribution in [0.15, 0.2) is 23.8 Å². The van der Waals surface area contributed by atoms with E-state index >= 15 is 0 Å². The van der Waals surface area contributed by atoms with E-state index in [1.165, 1.54) is 24.0 Å². The third-order valence-electron chi connectivity index (χ3n) is 3.69. The molecule has 1 rings (SSSR count). The molecule has 1 nitrogen and oxygen atoms in total. The minimum Gasteiger partial charge on any atom is -0.396 e. The van der Waals surface area contributed by atoms with Crippen molar-refractivity contribution in [2.45, 2.75) is 40.5 Å². The van der Waals surface area contributed by atoms with Crippen LogP contribution in [0.3, 0.4) is 0 Å². The standard InChI is InChI=1S/C14H24O/c1-10(2)12-7-6-11(3)8-13(12)14(4,5)9-15/h8,12-13,15H,1,6-7,9H2,2-5H3/t12-,13-/m0/s1. The maximum Gasteiger partial charge on any atom is 0.0487 e. The SMILES string of the molecule is C=C(C)[C@@H]1CCC(C)=C[C@@H]1C(C)(C)CO. The second kappa shape index (κ2) is 4.52. The summed E-state index contributed by atoms with van der Waals surface area (Å²) in [6.07, 6.45) is 4.71. The van der Waals surface area contributed by atoms with E-state index in [0.717, 1.165) is 0 Å². The van der Waals surface area contributed by atoms with Gasteiger partial charge in [-0.15, -0.1) is 0 Å². The summed E-state index contributed by atoms with van der Waals surface area (Å²) in [4.78, 5) is 0. The van der Waals surface area contributed by atoms with E-state index in [1.807, 2.05) is 0 Å². The van der Waals surface area contributed by atoms with Crippen molar-refractivity contribution in [3.05, 3.63) is 23.8 Å². The summed E-state index contributed by atoms with van der Waals surface area (Å²) < 4.78 is 0. The van der Waals surface area contributed by atoms with Gasteiger partial charge in [-0.2, -0.15) is 0 Å². The van der Waals surface area contributed by atoms with E-state index in [-0.39, 0.29) is 12.0 Å². The quantitative estimate of drug-likeness (QED) is 0.703. The molecule has 15 heavy (non-hydrogen) atoms. The fraction of sp³-hybridized carbons (Fsp3) is 0.714. The fourth-order valence-electron chi connectivity index (χ4n) is 2.50. The Bertz CT molecular complexity index is 273. The number of aliphatic hydroxyl groups is 1. The van der Waals surface area contributed by atoms with Crippen molar-refractivity contribution in [2.75, 3.05) is 6.61 Å². The van der Waals surface area contributed by atoms with Crippen LogP contribution in [0.1, 0.15) is 40.5 Å². The van der Waals surface area contributed by atoms with Gasteiger partial charge in [0.2, 0.25) is 0 Å². The smallest absolute Gasteiger partial charge is 0.0487 e. The molecule has 0 amide bonds. The summed E-state index contributed by atoms with van der Waals surface area (Å²) >= 11 is 0. The predicted octanol–water partition coefficient (Wildman–Crippen LogP) is 3.55. The van der Waals surface area contributed by atoms with Crippen LogP contribution in [0.4, 0.5) is 0 Å². The molecule has 0 aromatic heterocycles. The summed E-state index contributed by atoms with van der Waals surface area (Å²) in [7, 11) is 0. The van der Waals surface area contributed by atoms with Crippen LogP contribution >= 0.6 is 0 Å². The molecule has 1 aliphatic rings. The Balaban J connectivity index is 2.98. The second-order valence-electron chi connectivity index (χ2n) is 5.68. The Morgan fingerprint density at radius 2 is 2.20 bits per heavy atom. The van der Waals surface area contributed by atoms with Crippen molar-refractivity contribution in [3.8, 4) is 0 Å². The van der Waals surface area contributed by atoms with Gasteiger partial charge in [0.05, 0.1) is 0 Å². The molecule has 2 atom stereocenters. The zero-order valence-corrected chi connectivity index (χ0v) is 10.5. The summed E-state index contributed by atoms with van der Waals surface area (Å²) in [6, 6.07) is 0. The van der Waals surface area contributed by atoms with Crippen LogP contribution in [-0.2, 0) is 0 Å². The average molecular weight is 208 g/mol. The summed E-state index contributed by atoms with van der Waals surface area (Å²) in [5.74, 6) is 0.976. The first-order valence-electron chi connectivity index (χ1n) is 5.82. The predicted molar refractivity (Wildman–Crippen MR) is 65.7 cm³/mol. The lowest BCUT2D eigenvalue weighted by atomic mass is 9.65. The van der Waals surface area contributed by atoms with Gasteiger partial charge >= 0.3 is 0 Å². The van der Waals surface area contributed by atoms with Crippen LogP contribution in [0.5, 0.6) is 0 Å². The lowest BCUT2D eigenvalue weighted by molar-refractivity contribution is 0.0893. The lowest BCUT2D eigenvalue weighted by Gasteiger charge is -2.40. The van der Waals surface area contributed by atoms with Crippen LogP contribution in [-0.4, -0.2) is 11.7 Å². The molecule has 0 fully saturated rings. The molecule has 86 valence electrons. The summed E-state index contributed by atoms with van der Waals surface area (Å²) in [5.41, 5.74) is 2.68. The van der Waals surface area contributed by atoms with Crippen LogP contribution in [0.2, 0.25) is 0 Å². The van der Waals surface area contributed by atoms with Crippen LogP contribution in [0, 0.1) is 17.3 Å². The van der Waals surface area contributed by atoms with E-state index in [9.17, 15) is 5.11 Å². The number of hydrogen-bond acceptors (Lipinski definition) is 1. The molecular weight excluding hydrogens is 184 g/mol. The van der Waals surface area contributed by atoms with Gasteiger partial charge in [0.15, 0.2) is 0 Å². The fourth-order valence-corrected chi connectivity index (χ4v) is 2.50. The maximum absolute atomic E-state index is 9.47. The Labute approximate surface area is 93.9 Å². The molecule has 0 saturated heterocycles. The van der Waals surface area contributed by atoms with Gasteiger partial charge in [0, 0.05) is 6.61 Å². The normalized spacial score (nSPS) is 27.4. The summed E-state index contributed by atoms with van der Waals surface area (Å²) in [6.45, 7) is 12.9. The van der Waals surface area contributed by atoms with E-state index in [1.54, 1.807) is 0 Å². The number of rotatable bonds is 3. The van der Waals surface area contributed by atoms with Crippen molar-refractivity contribution in [3.63, 3.8) is 0 Å². The first-order valence-corrected chi connectivity index (χ1v) is 5.82. The Hall–Kier alpha value is -0.560. The van der Waals surface area contributed by atoms with Crippen LogP contribution in [0.25, 0.3) is 0 Å². The monoisotopic (exact) mass is 208 g/mol. The van der Waals surface area contributed by atoms with Gasteiger partial charge in [-0.3, -0.25) is 0 Å². The van der Waals surface area contributed by atoms with Crippen molar-refractivity contribution >= 4 is 0 Å². The van der Waals surface area contributed by atoms with Gasteiger partial charge in [0.1, 0.15) is 0 Å². The molecule has 1 aliphatic carbocycles. The van der Waals surface area contributed by atoms with Crippen molar-refractivity contribution in [1.82, 2.24) is 0 Å². The first-order chi connectivity index (χ1) is 6.88. The molecule has 0 aromatic carbocycles. The molecule has 1 heteroatoms. The number of hydrogen-bond donors (Lipinski definition) is 1. The highest BCUT2D eigenvalue weighted by atomic mass is 16.3. The molecule has 0 aromatic rings. The molecule has 0 unspecified atom stereocenters. The summed E-state index contributed by atoms with van der Waals surface area (Å²) in [5, 5.41) is 9.47. The topological polar surface area (TPSA) is 20.2 Å². The number of allylic oxidation sites excluding steroid dienone is 3. The van der Waals surface area contributed by atoms with Gasteiger partial charge in [-0.05, 0) is 43.9 Å². The van der Waals surface area contributed by atoms with E-state index in [0.29, 0.717) is 11.8 Å². The minimum atomic E-state index is -0.0364. The molecular formula is C14H24O. The first kappa shape index (κ1) is 12.5. The highest BCUT2D eigenvalue weighted by Gasteiger charge is 2.35. The third kappa shape index (κ3) is 2.72. The Morgan fingerprint density at radius 3 is 2.67 bits per heavy atom. The molecule has 0 spiro atoms. The molecule has 0 radical (unpaired) electrons. The Morgan fingerprint density at radius 1 is 1.60 bits per heavy atom. The zero-order chi connectivity index (χ0) is 11.6. The Kier molecular flexibility index (Phi) is 3.77. The third-order valence-corrected chi connectivity index (χ3v) is 3.69. The average Bonchev–Trinajstić information content (AvgIpc) is 2.17. The highest BCUT2D eigenvalue weighted by molar-refractivity contribution is 5.16. The van der Waals surface area contributed by atoms with E-state index in [2.05, 4.69) is 40.3 Å². The van der Waals surface area contributed by atoms with Crippen molar-refractivity contribution < 1.29 is 5.11 Å². The van der Waals surface area contributed by atoms with Gasteiger partial charge < -0.3 is 5.11 Å². The van der Waals surface area contributed by atoms with Crippen molar-refractivity contribution in [1.29, 1.82) is 0 Å². The molecule has 1 N–H and O–H groups in total. The molecule has 0 heterocycles. The minimum absolute atomic E-state index is 0.0364. The lowest BCUT2D eigenvalue weighted by Crippen LogP contribution is -2.34. The second-order valence-corrected chi connectivity index (χ2v) is 5.68. The largest absolute Gasteiger partial charge is 0.396 e. The van der Waals surface area contributed by atoms with Gasteiger partial charge in [-0.1, -0.05) is 37.6 Å². The maximum atomic E-state index is 9.47. The van der Waals surface area contributed by atoms with Gasteiger partial charge in [-0.25, -0.2) is 0 Å². The zero-order valence-electron chi connectivity index (χ0n) is 10.5. The van der Waals surface area contributed by atoms with E-state index < -0.39 is 0 Å². The van der Waals surface area contributed by atoms with E-state index in [4.69, 9.17) is 0 Å².